The molecular weight excluding hydrogens is 430 g/mol. The van der Waals surface area contributed by atoms with Crippen LogP contribution in [0.1, 0.15) is 12.5 Å². The summed E-state index contributed by atoms with van der Waals surface area (Å²) in [6, 6.07) is 23.6. The zero-order valence-corrected chi connectivity index (χ0v) is 18.9. The first-order valence-corrected chi connectivity index (χ1v) is 11.2. The van der Waals surface area contributed by atoms with Crippen molar-refractivity contribution in [2.24, 2.45) is 0 Å². The molecule has 0 N–H and O–H groups in total. The lowest BCUT2D eigenvalue weighted by atomic mass is 10.2. The van der Waals surface area contributed by atoms with E-state index in [2.05, 4.69) is 26.9 Å². The van der Waals surface area contributed by atoms with Crippen LogP contribution in [0.3, 0.4) is 0 Å². The summed E-state index contributed by atoms with van der Waals surface area (Å²) in [7, 11) is 1.67. The monoisotopic (exact) mass is 451 g/mol. The fraction of sp³-hybridized carbons (Fsp3) is 0.167. The highest BCUT2D eigenvalue weighted by molar-refractivity contribution is 7.98. The van der Waals surface area contributed by atoms with Crippen LogP contribution in [0, 0.1) is 0 Å². The minimum absolute atomic E-state index is 0.628. The molecule has 0 aliphatic heterocycles. The zero-order chi connectivity index (χ0) is 21.6. The predicted molar refractivity (Wildman–Crippen MR) is 126 cm³/mol. The normalized spacial score (nSPS) is 10.8. The van der Waals surface area contributed by atoms with E-state index in [9.17, 15) is 0 Å². The molecule has 0 atom stereocenters. The van der Waals surface area contributed by atoms with E-state index in [0.717, 1.165) is 39.5 Å². The molecule has 0 aliphatic rings. The van der Waals surface area contributed by atoms with E-state index in [-0.39, 0.29) is 0 Å². The van der Waals surface area contributed by atoms with E-state index in [1.54, 1.807) is 18.9 Å². The van der Waals surface area contributed by atoms with Crippen LogP contribution < -0.4 is 9.47 Å². The smallest absolute Gasteiger partial charge is 0.196 e. The average Bonchev–Trinajstić information content (AvgIpc) is 3.23. The Kier molecular flexibility index (Phi) is 6.79. The topological polar surface area (TPSA) is 49.2 Å². The Balaban J connectivity index is 1.68. The second-order valence-electron chi connectivity index (χ2n) is 6.72. The van der Waals surface area contributed by atoms with E-state index in [4.69, 9.17) is 21.1 Å². The third kappa shape index (κ3) is 5.03. The summed E-state index contributed by atoms with van der Waals surface area (Å²) >= 11 is 7.86. The molecule has 0 bridgehead atoms. The molecule has 0 saturated heterocycles. The van der Waals surface area contributed by atoms with Gasteiger partial charge in [-0.2, -0.15) is 0 Å². The maximum Gasteiger partial charge on any atom is 0.196 e. The predicted octanol–water partition coefficient (Wildman–Crippen LogP) is 6.29. The number of rotatable bonds is 8. The summed E-state index contributed by atoms with van der Waals surface area (Å²) in [6.45, 7) is 2.60. The molecule has 1 heterocycles. The molecule has 4 aromatic rings. The van der Waals surface area contributed by atoms with Crippen molar-refractivity contribution in [3.05, 3.63) is 83.4 Å². The average molecular weight is 452 g/mol. The van der Waals surface area contributed by atoms with Gasteiger partial charge in [-0.15, -0.1) is 10.2 Å². The first-order chi connectivity index (χ1) is 15.2. The van der Waals surface area contributed by atoms with Crippen LogP contribution in [0.2, 0.25) is 5.02 Å². The summed E-state index contributed by atoms with van der Waals surface area (Å²) in [5.74, 6) is 3.17. The number of nitrogens with zero attached hydrogens (tertiary/aromatic N) is 3. The molecule has 0 aliphatic carbocycles. The van der Waals surface area contributed by atoms with Gasteiger partial charge in [0.05, 0.1) is 13.7 Å². The van der Waals surface area contributed by atoms with Crippen LogP contribution in [0.5, 0.6) is 11.5 Å². The Morgan fingerprint density at radius 3 is 2.35 bits per heavy atom. The lowest BCUT2D eigenvalue weighted by Gasteiger charge is -2.12. The molecule has 1 aromatic heterocycles. The highest BCUT2D eigenvalue weighted by Crippen LogP contribution is 2.31. The molecular formula is C24H22ClN3O2S. The molecule has 0 radical (unpaired) electrons. The molecule has 5 nitrogen and oxygen atoms in total. The van der Waals surface area contributed by atoms with Crippen LogP contribution in [0.4, 0.5) is 0 Å². The van der Waals surface area contributed by atoms with Gasteiger partial charge in [0.15, 0.2) is 11.0 Å². The second-order valence-corrected chi connectivity index (χ2v) is 8.09. The molecule has 0 amide bonds. The van der Waals surface area contributed by atoms with Gasteiger partial charge in [0.2, 0.25) is 0 Å². The van der Waals surface area contributed by atoms with Crippen molar-refractivity contribution >= 4 is 23.4 Å². The molecule has 0 saturated carbocycles. The number of hydrogen-bond acceptors (Lipinski definition) is 5. The maximum atomic E-state index is 6.23. The van der Waals surface area contributed by atoms with Crippen molar-refractivity contribution in [3.63, 3.8) is 0 Å². The highest BCUT2D eigenvalue weighted by atomic mass is 35.5. The van der Waals surface area contributed by atoms with Gasteiger partial charge in [0.25, 0.3) is 0 Å². The van der Waals surface area contributed by atoms with E-state index < -0.39 is 0 Å². The van der Waals surface area contributed by atoms with Gasteiger partial charge >= 0.3 is 0 Å². The Hall–Kier alpha value is -2.96. The summed E-state index contributed by atoms with van der Waals surface area (Å²) < 4.78 is 12.9. The first kappa shape index (κ1) is 21.3. The lowest BCUT2D eigenvalue weighted by Crippen LogP contribution is -2.00. The molecule has 4 rings (SSSR count). The Morgan fingerprint density at radius 2 is 1.68 bits per heavy atom. The number of aromatic nitrogens is 3. The summed E-state index contributed by atoms with van der Waals surface area (Å²) in [6.07, 6.45) is 0. The van der Waals surface area contributed by atoms with Gasteiger partial charge < -0.3 is 9.47 Å². The minimum atomic E-state index is 0.628. The number of methoxy groups -OCH3 is 1. The summed E-state index contributed by atoms with van der Waals surface area (Å²) in [5.41, 5.74) is 3.04. The number of benzene rings is 3. The van der Waals surface area contributed by atoms with Crippen molar-refractivity contribution < 1.29 is 9.47 Å². The van der Waals surface area contributed by atoms with Crippen LogP contribution in [-0.4, -0.2) is 28.5 Å². The van der Waals surface area contributed by atoms with E-state index in [1.165, 1.54) is 5.56 Å². The number of thioether (sulfide) groups is 1. The van der Waals surface area contributed by atoms with Crippen molar-refractivity contribution in [1.29, 1.82) is 0 Å². The minimum Gasteiger partial charge on any atom is -0.497 e. The Morgan fingerprint density at radius 1 is 0.935 bits per heavy atom. The van der Waals surface area contributed by atoms with E-state index >= 15 is 0 Å². The molecule has 7 heteroatoms. The third-order valence-corrected chi connectivity index (χ3v) is 5.88. The van der Waals surface area contributed by atoms with Crippen LogP contribution >= 0.6 is 23.4 Å². The summed E-state index contributed by atoms with van der Waals surface area (Å²) in [5, 5.41) is 10.4. The number of hydrogen-bond donors (Lipinski definition) is 0. The van der Waals surface area contributed by atoms with Crippen molar-refractivity contribution in [1.82, 2.24) is 14.8 Å². The fourth-order valence-electron chi connectivity index (χ4n) is 3.14. The Labute approximate surface area is 191 Å². The standard InChI is InChI=1S/C24H22ClN3O2S/c1-3-30-22-13-9-20(10-14-22)28-23(18-5-4-6-19(25)15-18)26-27-24(28)31-16-17-7-11-21(29-2)12-8-17/h4-15H,3,16H2,1-2H3. The molecule has 3 aromatic carbocycles. The fourth-order valence-corrected chi connectivity index (χ4v) is 4.24. The van der Waals surface area contributed by atoms with Gasteiger partial charge in [-0.3, -0.25) is 4.57 Å². The van der Waals surface area contributed by atoms with Gasteiger partial charge in [-0.05, 0) is 61.0 Å². The SMILES string of the molecule is CCOc1ccc(-n2c(SCc3ccc(OC)cc3)nnc2-c2cccc(Cl)c2)cc1. The lowest BCUT2D eigenvalue weighted by molar-refractivity contribution is 0.340. The molecule has 158 valence electrons. The van der Waals surface area contributed by atoms with Crippen molar-refractivity contribution in [3.8, 4) is 28.6 Å². The van der Waals surface area contributed by atoms with Gasteiger partial charge in [0, 0.05) is 22.0 Å². The quantitative estimate of drug-likeness (QED) is 0.295. The van der Waals surface area contributed by atoms with Crippen molar-refractivity contribution in [2.75, 3.05) is 13.7 Å². The largest absolute Gasteiger partial charge is 0.497 e. The maximum absolute atomic E-state index is 6.23. The van der Waals surface area contributed by atoms with Crippen LogP contribution in [0.15, 0.2) is 78.0 Å². The molecule has 0 unspecified atom stereocenters. The Bertz CT molecular complexity index is 1140. The van der Waals surface area contributed by atoms with Crippen LogP contribution in [-0.2, 0) is 5.75 Å². The molecule has 0 fully saturated rings. The highest BCUT2D eigenvalue weighted by Gasteiger charge is 2.17. The molecule has 31 heavy (non-hydrogen) atoms. The summed E-state index contributed by atoms with van der Waals surface area (Å²) in [4.78, 5) is 0. The number of ether oxygens (including phenoxy) is 2. The van der Waals surface area contributed by atoms with Gasteiger partial charge in [-0.25, -0.2) is 0 Å². The molecule has 0 spiro atoms. The van der Waals surface area contributed by atoms with Crippen LogP contribution in [0.25, 0.3) is 17.1 Å². The first-order valence-electron chi connectivity index (χ1n) is 9.88. The van der Waals surface area contributed by atoms with Gasteiger partial charge in [0.1, 0.15) is 11.5 Å². The van der Waals surface area contributed by atoms with E-state index in [1.807, 2.05) is 67.6 Å². The third-order valence-electron chi connectivity index (χ3n) is 4.65. The van der Waals surface area contributed by atoms with E-state index in [0.29, 0.717) is 11.6 Å². The van der Waals surface area contributed by atoms with Gasteiger partial charge in [-0.1, -0.05) is 47.6 Å². The second kappa shape index (κ2) is 9.90. The van der Waals surface area contributed by atoms with Crippen molar-refractivity contribution in [2.45, 2.75) is 17.8 Å². The zero-order valence-electron chi connectivity index (χ0n) is 17.3. The number of halogens is 1.